The van der Waals surface area contributed by atoms with Crippen LogP contribution in [0.5, 0.6) is 0 Å². The van der Waals surface area contributed by atoms with E-state index < -0.39 is 5.97 Å². The Labute approximate surface area is 182 Å². The molecule has 0 unspecified atom stereocenters. The van der Waals surface area contributed by atoms with Crippen LogP contribution in [0.3, 0.4) is 0 Å². The van der Waals surface area contributed by atoms with Crippen molar-refractivity contribution in [3.05, 3.63) is 69.4 Å². The molecule has 8 nitrogen and oxygen atoms in total. The Morgan fingerprint density at radius 1 is 1.23 bits per heavy atom. The van der Waals surface area contributed by atoms with Crippen LogP contribution in [0.15, 0.2) is 41.9 Å². The number of hydrogen-bond acceptors (Lipinski definition) is 7. The molecule has 1 aromatic carbocycles. The number of nitrogens with zero attached hydrogens (tertiary/aromatic N) is 4. The van der Waals surface area contributed by atoms with E-state index in [-0.39, 0.29) is 18.9 Å². The topological polar surface area (TPSA) is 99.0 Å². The predicted octanol–water partition coefficient (Wildman–Crippen LogP) is 3.58. The Bertz CT molecular complexity index is 1280. The number of nitrogens with one attached hydrogen (secondary N) is 1. The van der Waals surface area contributed by atoms with E-state index in [1.165, 1.54) is 17.5 Å². The maximum atomic E-state index is 12.4. The molecule has 158 valence electrons. The summed E-state index contributed by atoms with van der Waals surface area (Å²) in [5, 5.41) is 10.5. The molecule has 1 N–H and O–H groups in total. The van der Waals surface area contributed by atoms with Crippen LogP contribution < -0.4 is 5.32 Å². The summed E-state index contributed by atoms with van der Waals surface area (Å²) >= 11 is 1.36. The quantitative estimate of drug-likeness (QED) is 0.465. The fourth-order valence-electron chi connectivity index (χ4n) is 3.18. The van der Waals surface area contributed by atoms with Gasteiger partial charge in [0.2, 0.25) is 5.91 Å². The monoisotopic (exact) mass is 435 g/mol. The van der Waals surface area contributed by atoms with Gasteiger partial charge in [0.15, 0.2) is 5.65 Å². The number of aryl methyl sites for hydroxylation is 3. The number of carbonyl (C=O) groups excluding carboxylic acids is 2. The molecule has 1 amide bonds. The first-order valence-electron chi connectivity index (χ1n) is 9.66. The van der Waals surface area contributed by atoms with Crippen molar-refractivity contribution in [2.45, 2.75) is 26.9 Å². The molecule has 3 aromatic heterocycles. The molecule has 4 aromatic rings. The molecule has 0 saturated carbocycles. The van der Waals surface area contributed by atoms with E-state index in [9.17, 15) is 9.59 Å². The highest BCUT2D eigenvalue weighted by Crippen LogP contribution is 2.18. The smallest absolute Gasteiger partial charge is 0.340 e. The summed E-state index contributed by atoms with van der Waals surface area (Å²) in [6, 6.07) is 9.33. The van der Waals surface area contributed by atoms with Crippen molar-refractivity contribution < 1.29 is 14.3 Å². The number of carbonyl (C=O) groups is 2. The van der Waals surface area contributed by atoms with Gasteiger partial charge in [0.1, 0.15) is 11.6 Å². The van der Waals surface area contributed by atoms with Gasteiger partial charge in [-0.3, -0.25) is 9.48 Å². The third-order valence-corrected chi connectivity index (χ3v) is 5.68. The number of hydrogen-bond donors (Lipinski definition) is 1. The Morgan fingerprint density at radius 2 is 2.03 bits per heavy atom. The van der Waals surface area contributed by atoms with Crippen LogP contribution in [0.4, 0.5) is 5.69 Å². The van der Waals surface area contributed by atoms with Crippen molar-refractivity contribution in [2.75, 3.05) is 5.32 Å². The molecule has 31 heavy (non-hydrogen) atoms. The first kappa shape index (κ1) is 20.7. The molecular formula is C22H21N5O3S. The second kappa shape index (κ2) is 8.65. The van der Waals surface area contributed by atoms with E-state index in [0.717, 1.165) is 22.3 Å². The summed E-state index contributed by atoms with van der Waals surface area (Å²) < 4.78 is 7.05. The summed E-state index contributed by atoms with van der Waals surface area (Å²) in [6.07, 6.45) is 1.64. The number of ether oxygens (including phenoxy) is 1. The number of para-hydroxylation sites is 1. The second-order valence-electron chi connectivity index (χ2n) is 7.15. The zero-order chi connectivity index (χ0) is 22.0. The van der Waals surface area contributed by atoms with Gasteiger partial charge < -0.3 is 10.1 Å². The fourth-order valence-corrected chi connectivity index (χ4v) is 3.96. The molecule has 0 spiro atoms. The third kappa shape index (κ3) is 4.61. The molecular weight excluding hydrogens is 414 g/mol. The van der Waals surface area contributed by atoms with Crippen molar-refractivity contribution in [3.8, 4) is 0 Å². The molecule has 0 fully saturated rings. The predicted molar refractivity (Wildman–Crippen MR) is 118 cm³/mol. The number of anilines is 1. The van der Waals surface area contributed by atoms with Gasteiger partial charge in [-0.2, -0.15) is 5.10 Å². The standard InChI is InChI=1S/C22H21N5O3S/c1-13-6-4-5-7-18(13)25-19(28)9-20-24-16(12-31-20)11-30-22(29)15-8-17-14(2)26-27(3)21(17)23-10-15/h4-8,10,12H,9,11H2,1-3H3,(H,25,28). The van der Waals surface area contributed by atoms with E-state index in [0.29, 0.717) is 21.9 Å². The maximum Gasteiger partial charge on any atom is 0.340 e. The Hall–Kier alpha value is -3.59. The van der Waals surface area contributed by atoms with E-state index in [1.807, 2.05) is 38.1 Å². The van der Waals surface area contributed by atoms with Crippen LogP contribution in [-0.4, -0.2) is 31.6 Å². The highest BCUT2D eigenvalue weighted by Gasteiger charge is 2.14. The van der Waals surface area contributed by atoms with Crippen LogP contribution in [0, 0.1) is 13.8 Å². The summed E-state index contributed by atoms with van der Waals surface area (Å²) in [7, 11) is 1.81. The Kier molecular flexibility index (Phi) is 5.77. The van der Waals surface area contributed by atoms with E-state index in [2.05, 4.69) is 20.4 Å². The molecule has 0 aliphatic rings. The molecule has 0 saturated heterocycles. The van der Waals surface area contributed by atoms with Gasteiger partial charge >= 0.3 is 5.97 Å². The number of pyridine rings is 1. The molecule has 0 aliphatic carbocycles. The van der Waals surface area contributed by atoms with Crippen LogP contribution in [0.25, 0.3) is 11.0 Å². The van der Waals surface area contributed by atoms with Crippen molar-refractivity contribution in [1.82, 2.24) is 19.7 Å². The van der Waals surface area contributed by atoms with Gasteiger partial charge in [-0.25, -0.2) is 14.8 Å². The minimum absolute atomic E-state index is 0.0266. The summed E-state index contributed by atoms with van der Waals surface area (Å²) in [4.78, 5) is 33.4. The van der Waals surface area contributed by atoms with Crippen LogP contribution >= 0.6 is 11.3 Å². The molecule has 3 heterocycles. The molecule has 0 radical (unpaired) electrons. The number of amides is 1. The number of rotatable bonds is 6. The number of fused-ring (bicyclic) bond motifs is 1. The average molecular weight is 436 g/mol. The summed E-state index contributed by atoms with van der Waals surface area (Å²) in [5.41, 5.74) is 4.25. The minimum atomic E-state index is -0.482. The lowest BCUT2D eigenvalue weighted by molar-refractivity contribution is -0.115. The molecule has 4 rings (SSSR count). The SMILES string of the molecule is Cc1ccccc1NC(=O)Cc1nc(COC(=O)c2cnc3c(c2)c(C)nn3C)cs1. The van der Waals surface area contributed by atoms with Gasteiger partial charge in [0.05, 0.1) is 23.4 Å². The largest absolute Gasteiger partial charge is 0.456 e. The van der Waals surface area contributed by atoms with Crippen LogP contribution in [-0.2, 0) is 29.6 Å². The van der Waals surface area contributed by atoms with Crippen molar-refractivity contribution in [3.63, 3.8) is 0 Å². The van der Waals surface area contributed by atoms with Gasteiger partial charge in [-0.05, 0) is 31.5 Å². The molecule has 0 aliphatic heterocycles. The highest BCUT2D eigenvalue weighted by atomic mass is 32.1. The van der Waals surface area contributed by atoms with Gasteiger partial charge in [0.25, 0.3) is 0 Å². The van der Waals surface area contributed by atoms with Gasteiger partial charge in [0, 0.05) is 29.7 Å². The number of aromatic nitrogens is 4. The first-order chi connectivity index (χ1) is 14.9. The van der Waals surface area contributed by atoms with Gasteiger partial charge in [-0.15, -0.1) is 11.3 Å². The summed E-state index contributed by atoms with van der Waals surface area (Å²) in [6.45, 7) is 3.83. The molecule has 9 heteroatoms. The third-order valence-electron chi connectivity index (χ3n) is 4.78. The second-order valence-corrected chi connectivity index (χ2v) is 8.10. The van der Waals surface area contributed by atoms with E-state index >= 15 is 0 Å². The maximum absolute atomic E-state index is 12.4. The van der Waals surface area contributed by atoms with Gasteiger partial charge in [-0.1, -0.05) is 18.2 Å². The Morgan fingerprint density at radius 3 is 2.84 bits per heavy atom. The van der Waals surface area contributed by atoms with Crippen molar-refractivity contribution in [1.29, 1.82) is 0 Å². The zero-order valence-corrected chi connectivity index (χ0v) is 18.2. The number of esters is 1. The highest BCUT2D eigenvalue weighted by molar-refractivity contribution is 7.09. The van der Waals surface area contributed by atoms with E-state index in [1.54, 1.807) is 23.2 Å². The van der Waals surface area contributed by atoms with E-state index in [4.69, 9.17) is 4.74 Å². The fraction of sp³-hybridized carbons (Fsp3) is 0.227. The molecule has 0 atom stereocenters. The van der Waals surface area contributed by atoms with Crippen molar-refractivity contribution >= 4 is 39.9 Å². The molecule has 0 bridgehead atoms. The lowest BCUT2D eigenvalue weighted by atomic mass is 10.2. The minimum Gasteiger partial charge on any atom is -0.456 e. The zero-order valence-electron chi connectivity index (χ0n) is 17.4. The number of thiazole rings is 1. The average Bonchev–Trinajstić information content (AvgIpc) is 3.31. The normalized spacial score (nSPS) is 10.9. The first-order valence-corrected chi connectivity index (χ1v) is 10.5. The lowest BCUT2D eigenvalue weighted by Crippen LogP contribution is -2.15. The summed E-state index contributed by atoms with van der Waals surface area (Å²) in [5.74, 6) is -0.622. The number of benzene rings is 1. The van der Waals surface area contributed by atoms with Crippen LogP contribution in [0.2, 0.25) is 0 Å². The Balaban J connectivity index is 1.35. The van der Waals surface area contributed by atoms with Crippen LogP contribution in [0.1, 0.15) is 32.3 Å². The lowest BCUT2D eigenvalue weighted by Gasteiger charge is -2.06. The van der Waals surface area contributed by atoms with Crippen molar-refractivity contribution in [2.24, 2.45) is 7.05 Å².